The second kappa shape index (κ2) is 12.4. The van der Waals surface area contributed by atoms with Crippen molar-refractivity contribution in [2.24, 2.45) is 0 Å². The number of halogens is 1. The van der Waals surface area contributed by atoms with E-state index in [0.717, 1.165) is 5.56 Å². The molecule has 0 fully saturated rings. The minimum absolute atomic E-state index is 0.0890. The molecule has 174 valence electrons. The summed E-state index contributed by atoms with van der Waals surface area (Å²) in [5.74, 6) is -1.09. The summed E-state index contributed by atoms with van der Waals surface area (Å²) in [7, 11) is 0. The second-order valence-electron chi connectivity index (χ2n) is 7.82. The van der Waals surface area contributed by atoms with Crippen LogP contribution in [-0.4, -0.2) is 36.5 Å². The summed E-state index contributed by atoms with van der Waals surface area (Å²) >= 11 is 0. The zero-order chi connectivity index (χ0) is 23.5. The first-order valence-corrected chi connectivity index (χ1v) is 11.0. The van der Waals surface area contributed by atoms with Gasteiger partial charge in [-0.2, -0.15) is 0 Å². The first kappa shape index (κ1) is 24.0. The highest BCUT2D eigenvalue weighted by Gasteiger charge is 2.24. The number of benzene rings is 2. The van der Waals surface area contributed by atoms with Crippen molar-refractivity contribution < 1.29 is 23.5 Å². The summed E-state index contributed by atoms with van der Waals surface area (Å²) in [6, 6.07) is 14.0. The highest BCUT2D eigenvalue weighted by molar-refractivity contribution is 5.88. The summed E-state index contributed by atoms with van der Waals surface area (Å²) in [5.41, 5.74) is 1.24. The Morgan fingerprint density at radius 1 is 1.06 bits per heavy atom. The van der Waals surface area contributed by atoms with E-state index in [9.17, 15) is 18.8 Å². The number of hydrogen-bond acceptors (Lipinski definition) is 4. The first-order chi connectivity index (χ1) is 16.0. The van der Waals surface area contributed by atoms with Crippen LogP contribution in [0.2, 0.25) is 0 Å². The van der Waals surface area contributed by atoms with Gasteiger partial charge in [-0.1, -0.05) is 54.6 Å². The van der Waals surface area contributed by atoms with Crippen molar-refractivity contribution in [1.82, 2.24) is 16.0 Å². The van der Waals surface area contributed by atoms with E-state index < -0.39 is 29.9 Å². The Hall–Kier alpha value is -3.68. The van der Waals surface area contributed by atoms with Gasteiger partial charge in [-0.05, 0) is 42.9 Å². The number of ether oxygens (including phenoxy) is 1. The fourth-order valence-corrected chi connectivity index (χ4v) is 3.47. The fourth-order valence-electron chi connectivity index (χ4n) is 3.47. The van der Waals surface area contributed by atoms with E-state index in [2.05, 4.69) is 16.0 Å². The van der Waals surface area contributed by atoms with Crippen molar-refractivity contribution in [2.75, 3.05) is 6.54 Å². The molecule has 3 N–H and O–H groups in total. The highest BCUT2D eigenvalue weighted by atomic mass is 19.1. The Bertz CT molecular complexity index is 981. The van der Waals surface area contributed by atoms with Crippen LogP contribution in [-0.2, 0) is 27.4 Å². The van der Waals surface area contributed by atoms with Gasteiger partial charge >= 0.3 is 6.09 Å². The van der Waals surface area contributed by atoms with Crippen molar-refractivity contribution in [3.05, 3.63) is 83.7 Å². The predicted octanol–water partition coefficient (Wildman–Crippen LogP) is 3.00. The number of hydrogen-bond donors (Lipinski definition) is 3. The lowest BCUT2D eigenvalue weighted by Gasteiger charge is -2.22. The van der Waals surface area contributed by atoms with Crippen LogP contribution in [0, 0.1) is 5.82 Å². The number of rotatable bonds is 5. The van der Waals surface area contributed by atoms with E-state index in [0.29, 0.717) is 31.4 Å². The molecule has 2 aromatic rings. The molecule has 0 bridgehead atoms. The normalized spacial score (nSPS) is 20.4. The average molecular weight is 454 g/mol. The van der Waals surface area contributed by atoms with Crippen molar-refractivity contribution in [3.63, 3.8) is 0 Å². The van der Waals surface area contributed by atoms with Gasteiger partial charge in [0.2, 0.25) is 11.8 Å². The van der Waals surface area contributed by atoms with Gasteiger partial charge in [0.15, 0.2) is 0 Å². The van der Waals surface area contributed by atoms with Crippen LogP contribution in [0.4, 0.5) is 9.18 Å². The van der Waals surface area contributed by atoms with E-state index in [1.165, 1.54) is 18.2 Å². The standard InChI is InChI=1S/C25H28FN3O4/c26-21-11-5-4-10-19(21)16-20-13-14-23(30)27-15-7-6-12-22(24(31)28-20)29-25(32)33-17-18-8-2-1-3-9-18/h1-5,8-11,13-14,20,22H,6-7,12,15-17H2,(H,27,30)(H,28,31)(H,29,32)/b14-13-/t20-,22+/m1/s1. The second-order valence-corrected chi connectivity index (χ2v) is 7.82. The molecule has 2 aromatic carbocycles. The minimum atomic E-state index is -0.820. The van der Waals surface area contributed by atoms with Crippen LogP contribution in [0.5, 0.6) is 0 Å². The molecule has 0 unspecified atom stereocenters. The van der Waals surface area contributed by atoms with Gasteiger partial charge in [0.1, 0.15) is 18.5 Å². The van der Waals surface area contributed by atoms with Crippen molar-refractivity contribution in [3.8, 4) is 0 Å². The molecule has 3 amide bonds. The maximum atomic E-state index is 14.1. The molecular formula is C25H28FN3O4. The van der Waals surface area contributed by atoms with Crippen LogP contribution in [0.3, 0.4) is 0 Å². The van der Waals surface area contributed by atoms with Gasteiger partial charge < -0.3 is 20.7 Å². The summed E-state index contributed by atoms with van der Waals surface area (Å²) in [6.45, 7) is 0.541. The lowest BCUT2D eigenvalue weighted by molar-refractivity contribution is -0.124. The lowest BCUT2D eigenvalue weighted by atomic mass is 10.0. The topological polar surface area (TPSA) is 96.5 Å². The molecule has 0 spiro atoms. The van der Waals surface area contributed by atoms with Gasteiger partial charge in [0.05, 0.1) is 6.04 Å². The summed E-state index contributed by atoms with van der Waals surface area (Å²) in [6.07, 6.45) is 3.98. The van der Waals surface area contributed by atoms with Gasteiger partial charge in [-0.15, -0.1) is 0 Å². The Kier molecular flexibility index (Phi) is 8.99. The lowest BCUT2D eigenvalue weighted by Crippen LogP contribution is -2.50. The monoisotopic (exact) mass is 453 g/mol. The van der Waals surface area contributed by atoms with Gasteiger partial charge in [0.25, 0.3) is 0 Å². The molecule has 2 atom stereocenters. The van der Waals surface area contributed by atoms with E-state index in [1.54, 1.807) is 18.2 Å². The molecule has 3 rings (SSSR count). The molecule has 33 heavy (non-hydrogen) atoms. The third-order valence-electron chi connectivity index (χ3n) is 5.25. The third-order valence-corrected chi connectivity index (χ3v) is 5.25. The molecule has 8 heteroatoms. The molecule has 1 aliphatic rings. The minimum Gasteiger partial charge on any atom is -0.445 e. The van der Waals surface area contributed by atoms with Gasteiger partial charge in [0, 0.05) is 12.6 Å². The maximum Gasteiger partial charge on any atom is 0.408 e. The molecule has 0 saturated carbocycles. The zero-order valence-electron chi connectivity index (χ0n) is 18.3. The summed E-state index contributed by atoms with van der Waals surface area (Å²) in [5, 5.41) is 8.23. The quantitative estimate of drug-likeness (QED) is 0.649. The van der Waals surface area contributed by atoms with Crippen molar-refractivity contribution >= 4 is 17.9 Å². The van der Waals surface area contributed by atoms with Crippen molar-refractivity contribution in [2.45, 2.75) is 44.4 Å². The van der Waals surface area contributed by atoms with Crippen molar-refractivity contribution in [1.29, 1.82) is 0 Å². The number of alkyl carbamates (subject to hydrolysis) is 1. The first-order valence-electron chi connectivity index (χ1n) is 11.0. The Morgan fingerprint density at radius 3 is 2.61 bits per heavy atom. The van der Waals surface area contributed by atoms with Crippen LogP contribution in [0.1, 0.15) is 30.4 Å². The zero-order valence-corrected chi connectivity index (χ0v) is 18.3. The summed E-state index contributed by atoms with van der Waals surface area (Å²) in [4.78, 5) is 37.3. The van der Waals surface area contributed by atoms with Gasteiger partial charge in [-0.3, -0.25) is 9.59 Å². The Balaban J connectivity index is 1.68. The van der Waals surface area contributed by atoms with E-state index in [-0.39, 0.29) is 18.9 Å². The molecule has 7 nitrogen and oxygen atoms in total. The number of nitrogens with one attached hydrogen (secondary N) is 3. The SMILES string of the molecule is O=C1/C=C\[C@H](Cc2ccccc2F)NC(=O)[C@@H](NC(=O)OCc2ccccc2)CCCCN1. The number of carbonyl (C=O) groups is 3. The van der Waals surface area contributed by atoms with Crippen LogP contribution in [0.25, 0.3) is 0 Å². The molecule has 0 radical (unpaired) electrons. The Morgan fingerprint density at radius 2 is 1.82 bits per heavy atom. The molecule has 0 aromatic heterocycles. The van der Waals surface area contributed by atoms with E-state index in [4.69, 9.17) is 4.74 Å². The highest BCUT2D eigenvalue weighted by Crippen LogP contribution is 2.11. The molecule has 1 aliphatic heterocycles. The molecule has 1 heterocycles. The predicted molar refractivity (Wildman–Crippen MR) is 122 cm³/mol. The maximum absolute atomic E-state index is 14.1. The fraction of sp³-hybridized carbons (Fsp3) is 0.320. The van der Waals surface area contributed by atoms with Gasteiger partial charge in [-0.25, -0.2) is 9.18 Å². The average Bonchev–Trinajstić information content (AvgIpc) is 2.81. The van der Waals surface area contributed by atoms with E-state index >= 15 is 0 Å². The molecule has 0 aliphatic carbocycles. The number of carbonyl (C=O) groups excluding carboxylic acids is 3. The molecule has 0 saturated heterocycles. The summed E-state index contributed by atoms with van der Waals surface area (Å²) < 4.78 is 19.4. The van der Waals surface area contributed by atoms with Crippen LogP contribution in [0.15, 0.2) is 66.7 Å². The largest absolute Gasteiger partial charge is 0.445 e. The third kappa shape index (κ3) is 8.07. The van der Waals surface area contributed by atoms with Crippen LogP contribution >= 0.6 is 0 Å². The molecular weight excluding hydrogens is 425 g/mol. The van der Waals surface area contributed by atoms with Crippen LogP contribution < -0.4 is 16.0 Å². The van der Waals surface area contributed by atoms with E-state index in [1.807, 2.05) is 30.3 Å². The smallest absolute Gasteiger partial charge is 0.408 e. The Labute approximate surface area is 192 Å². The number of amides is 3.